The number of anilines is 1. The van der Waals surface area contributed by atoms with Crippen LogP contribution in [-0.2, 0) is 6.42 Å². The average Bonchev–Trinajstić information content (AvgIpc) is 3.22. The summed E-state index contributed by atoms with van der Waals surface area (Å²) in [5.74, 6) is 0.503. The SMILES string of the molecule is COc1ccc(CCNC(=O)c2cc([N+](=O)[O-])ccc2N2CCCC2)cc1. The van der Waals surface area contributed by atoms with Gasteiger partial charge in [-0.05, 0) is 43.0 Å². The predicted octanol–water partition coefficient (Wildman–Crippen LogP) is 3.18. The quantitative estimate of drug-likeness (QED) is 0.598. The molecule has 1 N–H and O–H groups in total. The van der Waals surface area contributed by atoms with Crippen molar-refractivity contribution in [3.05, 3.63) is 63.7 Å². The summed E-state index contributed by atoms with van der Waals surface area (Å²) in [5, 5.41) is 14.0. The van der Waals surface area contributed by atoms with Gasteiger partial charge in [0.25, 0.3) is 11.6 Å². The Morgan fingerprint density at radius 3 is 2.52 bits per heavy atom. The van der Waals surface area contributed by atoms with Crippen LogP contribution in [0, 0.1) is 10.1 Å². The maximum absolute atomic E-state index is 12.7. The molecule has 0 saturated carbocycles. The van der Waals surface area contributed by atoms with E-state index in [9.17, 15) is 14.9 Å². The Balaban J connectivity index is 1.69. The zero-order chi connectivity index (χ0) is 19.2. The molecule has 1 aliphatic rings. The molecule has 7 nitrogen and oxygen atoms in total. The van der Waals surface area contributed by atoms with Gasteiger partial charge in [0.2, 0.25) is 0 Å². The zero-order valence-electron chi connectivity index (χ0n) is 15.3. The van der Waals surface area contributed by atoms with Crippen LogP contribution in [0.3, 0.4) is 0 Å². The molecule has 27 heavy (non-hydrogen) atoms. The summed E-state index contributed by atoms with van der Waals surface area (Å²) in [5.41, 5.74) is 2.13. The van der Waals surface area contributed by atoms with E-state index in [-0.39, 0.29) is 11.6 Å². The molecule has 1 aliphatic heterocycles. The minimum atomic E-state index is -0.470. The van der Waals surface area contributed by atoms with Gasteiger partial charge in [0, 0.05) is 31.8 Å². The van der Waals surface area contributed by atoms with E-state index >= 15 is 0 Å². The van der Waals surface area contributed by atoms with Gasteiger partial charge in [-0.1, -0.05) is 12.1 Å². The molecule has 2 aromatic carbocycles. The van der Waals surface area contributed by atoms with Crippen LogP contribution in [0.25, 0.3) is 0 Å². The van der Waals surface area contributed by atoms with Crippen LogP contribution in [0.4, 0.5) is 11.4 Å². The number of hydrogen-bond donors (Lipinski definition) is 1. The van der Waals surface area contributed by atoms with Gasteiger partial charge in [-0.25, -0.2) is 0 Å². The first kappa shape index (κ1) is 18.7. The second-order valence-electron chi connectivity index (χ2n) is 6.51. The van der Waals surface area contributed by atoms with Gasteiger partial charge in [0.15, 0.2) is 0 Å². The van der Waals surface area contributed by atoms with Crippen LogP contribution >= 0.6 is 0 Å². The van der Waals surface area contributed by atoms with Crippen LogP contribution < -0.4 is 15.0 Å². The van der Waals surface area contributed by atoms with Gasteiger partial charge < -0.3 is 15.0 Å². The Morgan fingerprint density at radius 2 is 1.89 bits per heavy atom. The number of amides is 1. The predicted molar refractivity (Wildman–Crippen MR) is 104 cm³/mol. The molecule has 142 valence electrons. The third-order valence-corrected chi connectivity index (χ3v) is 4.74. The summed E-state index contributed by atoms with van der Waals surface area (Å²) < 4.78 is 5.13. The van der Waals surface area contributed by atoms with E-state index in [0.717, 1.165) is 42.9 Å². The van der Waals surface area contributed by atoms with E-state index in [1.54, 1.807) is 13.2 Å². The monoisotopic (exact) mass is 369 g/mol. The number of rotatable bonds is 7. The molecule has 1 heterocycles. The molecule has 0 atom stereocenters. The van der Waals surface area contributed by atoms with Crippen LogP contribution in [0.5, 0.6) is 5.75 Å². The summed E-state index contributed by atoms with van der Waals surface area (Å²) in [6.07, 6.45) is 2.80. The van der Waals surface area contributed by atoms with Gasteiger partial charge in [-0.2, -0.15) is 0 Å². The first-order chi connectivity index (χ1) is 13.1. The average molecular weight is 369 g/mol. The van der Waals surface area contributed by atoms with Crippen molar-refractivity contribution in [3.8, 4) is 5.75 Å². The standard InChI is InChI=1S/C20H23N3O4/c1-27-17-7-4-15(5-8-17)10-11-21-20(24)18-14-16(23(25)26)6-9-19(18)22-12-2-3-13-22/h4-9,14H,2-3,10-13H2,1H3,(H,21,24). The molecule has 2 aromatic rings. The minimum absolute atomic E-state index is 0.0711. The number of non-ortho nitro benzene ring substituents is 1. The van der Waals surface area contributed by atoms with Crippen molar-refractivity contribution < 1.29 is 14.5 Å². The maximum Gasteiger partial charge on any atom is 0.270 e. The molecule has 1 saturated heterocycles. The van der Waals surface area contributed by atoms with E-state index in [1.165, 1.54) is 12.1 Å². The molecule has 0 unspecified atom stereocenters. The number of hydrogen-bond acceptors (Lipinski definition) is 5. The first-order valence-corrected chi connectivity index (χ1v) is 9.03. The normalized spacial score (nSPS) is 13.4. The van der Waals surface area contributed by atoms with Crippen molar-refractivity contribution in [2.75, 3.05) is 31.6 Å². The fourth-order valence-corrected chi connectivity index (χ4v) is 3.26. The Labute approximate surface area is 158 Å². The Morgan fingerprint density at radius 1 is 1.19 bits per heavy atom. The molecule has 0 radical (unpaired) electrons. The third-order valence-electron chi connectivity index (χ3n) is 4.74. The highest BCUT2D eigenvalue weighted by Gasteiger charge is 2.22. The highest BCUT2D eigenvalue weighted by molar-refractivity contribution is 6.00. The lowest BCUT2D eigenvalue weighted by Gasteiger charge is -2.20. The lowest BCUT2D eigenvalue weighted by Crippen LogP contribution is -2.29. The summed E-state index contributed by atoms with van der Waals surface area (Å²) in [6, 6.07) is 12.2. The summed E-state index contributed by atoms with van der Waals surface area (Å²) in [7, 11) is 1.62. The maximum atomic E-state index is 12.7. The highest BCUT2D eigenvalue weighted by Crippen LogP contribution is 2.28. The number of nitro groups is 1. The largest absolute Gasteiger partial charge is 0.497 e. The van der Waals surface area contributed by atoms with E-state index in [0.29, 0.717) is 18.5 Å². The van der Waals surface area contributed by atoms with E-state index in [4.69, 9.17) is 4.74 Å². The number of nitrogens with one attached hydrogen (secondary N) is 1. The fourth-order valence-electron chi connectivity index (χ4n) is 3.26. The highest BCUT2D eigenvalue weighted by atomic mass is 16.6. The Hall–Kier alpha value is -3.09. The van der Waals surface area contributed by atoms with Crippen LogP contribution in [0.15, 0.2) is 42.5 Å². The number of carbonyl (C=O) groups excluding carboxylic acids is 1. The van der Waals surface area contributed by atoms with Crippen molar-refractivity contribution in [1.29, 1.82) is 0 Å². The van der Waals surface area contributed by atoms with Gasteiger partial charge in [0.05, 0.1) is 23.3 Å². The molecule has 0 spiro atoms. The Kier molecular flexibility index (Phi) is 5.90. The molecule has 0 aromatic heterocycles. The number of methoxy groups -OCH3 is 1. The number of benzene rings is 2. The molecule has 0 aliphatic carbocycles. The zero-order valence-corrected chi connectivity index (χ0v) is 15.3. The number of nitro benzene ring substituents is 1. The topological polar surface area (TPSA) is 84.7 Å². The fraction of sp³-hybridized carbons (Fsp3) is 0.350. The van der Waals surface area contributed by atoms with Crippen molar-refractivity contribution in [2.24, 2.45) is 0 Å². The van der Waals surface area contributed by atoms with Crippen molar-refractivity contribution in [2.45, 2.75) is 19.3 Å². The van der Waals surface area contributed by atoms with Crippen LogP contribution in [0.2, 0.25) is 0 Å². The summed E-state index contributed by atoms with van der Waals surface area (Å²) in [4.78, 5) is 25.5. The lowest BCUT2D eigenvalue weighted by atomic mass is 10.1. The second-order valence-corrected chi connectivity index (χ2v) is 6.51. The number of nitrogens with zero attached hydrogens (tertiary/aromatic N) is 2. The molecule has 7 heteroatoms. The van der Waals surface area contributed by atoms with Crippen molar-refractivity contribution in [1.82, 2.24) is 5.32 Å². The van der Waals surface area contributed by atoms with Crippen LogP contribution in [-0.4, -0.2) is 37.6 Å². The van der Waals surface area contributed by atoms with E-state index in [1.807, 2.05) is 24.3 Å². The van der Waals surface area contributed by atoms with Gasteiger partial charge in [-0.3, -0.25) is 14.9 Å². The molecule has 1 fully saturated rings. The number of ether oxygens (including phenoxy) is 1. The van der Waals surface area contributed by atoms with E-state index < -0.39 is 4.92 Å². The molecular formula is C20H23N3O4. The second kappa shape index (κ2) is 8.53. The minimum Gasteiger partial charge on any atom is -0.497 e. The molecular weight excluding hydrogens is 346 g/mol. The Bertz CT molecular complexity index is 814. The molecule has 3 rings (SSSR count). The van der Waals surface area contributed by atoms with Gasteiger partial charge >= 0.3 is 0 Å². The third kappa shape index (κ3) is 4.55. The van der Waals surface area contributed by atoms with Crippen molar-refractivity contribution >= 4 is 17.3 Å². The van der Waals surface area contributed by atoms with Gasteiger partial charge in [0.1, 0.15) is 5.75 Å². The summed E-state index contributed by atoms with van der Waals surface area (Å²) >= 11 is 0. The summed E-state index contributed by atoms with van der Waals surface area (Å²) in [6.45, 7) is 2.18. The van der Waals surface area contributed by atoms with Gasteiger partial charge in [-0.15, -0.1) is 0 Å². The lowest BCUT2D eigenvalue weighted by molar-refractivity contribution is -0.384. The smallest absolute Gasteiger partial charge is 0.270 e. The van der Waals surface area contributed by atoms with Crippen molar-refractivity contribution in [3.63, 3.8) is 0 Å². The van der Waals surface area contributed by atoms with Crippen LogP contribution in [0.1, 0.15) is 28.8 Å². The molecule has 1 amide bonds. The first-order valence-electron chi connectivity index (χ1n) is 9.03. The number of carbonyl (C=O) groups is 1. The van der Waals surface area contributed by atoms with E-state index in [2.05, 4.69) is 10.2 Å². The molecule has 0 bridgehead atoms.